The molecule has 1 aliphatic carbocycles. The van der Waals surface area contributed by atoms with Crippen LogP contribution in [0, 0.1) is 11.8 Å². The van der Waals surface area contributed by atoms with Crippen LogP contribution < -0.4 is 10.3 Å². The molecule has 3 aromatic rings. The molecule has 1 aliphatic rings. The van der Waals surface area contributed by atoms with Gasteiger partial charge in [0.15, 0.2) is 5.16 Å². The zero-order chi connectivity index (χ0) is 24.2. The number of amides is 1. The van der Waals surface area contributed by atoms with E-state index in [1.165, 1.54) is 18.2 Å². The van der Waals surface area contributed by atoms with Gasteiger partial charge in [-0.25, -0.2) is 4.98 Å². The van der Waals surface area contributed by atoms with Crippen molar-refractivity contribution in [1.82, 2.24) is 14.5 Å². The normalized spacial score (nSPS) is 20.3. The van der Waals surface area contributed by atoms with Crippen molar-refractivity contribution in [2.75, 3.05) is 19.9 Å². The molecule has 4 rings (SSSR count). The second-order valence-corrected chi connectivity index (χ2v) is 10.2. The summed E-state index contributed by atoms with van der Waals surface area (Å²) in [7, 11) is 3.43. The Bertz CT molecular complexity index is 1230. The van der Waals surface area contributed by atoms with Crippen molar-refractivity contribution in [2.24, 2.45) is 11.8 Å². The highest BCUT2D eigenvalue weighted by Crippen LogP contribution is 2.38. The molecule has 7 heteroatoms. The molecule has 0 aliphatic heterocycles. The van der Waals surface area contributed by atoms with Crippen molar-refractivity contribution < 1.29 is 9.53 Å². The van der Waals surface area contributed by atoms with E-state index < -0.39 is 0 Å². The lowest BCUT2D eigenvalue weighted by atomic mass is 9.78. The second-order valence-electron chi connectivity index (χ2n) is 9.27. The number of carbonyl (C=O) groups excluding carboxylic acids is 1. The Hall–Kier alpha value is -2.80. The highest BCUT2D eigenvalue weighted by molar-refractivity contribution is 7.99. The molecule has 0 spiro atoms. The molecule has 3 unspecified atom stereocenters. The summed E-state index contributed by atoms with van der Waals surface area (Å²) >= 11 is 1.36. The number of nitrogens with zero attached hydrogens (tertiary/aromatic N) is 3. The van der Waals surface area contributed by atoms with Gasteiger partial charge in [0.05, 0.1) is 23.8 Å². The van der Waals surface area contributed by atoms with E-state index in [9.17, 15) is 9.59 Å². The van der Waals surface area contributed by atoms with E-state index >= 15 is 0 Å². The fraction of sp³-hybridized carbons (Fsp3) is 0.444. The van der Waals surface area contributed by atoms with Gasteiger partial charge in [-0.3, -0.25) is 14.2 Å². The van der Waals surface area contributed by atoms with Crippen LogP contribution in [0.2, 0.25) is 0 Å². The largest absolute Gasteiger partial charge is 0.496 e. The van der Waals surface area contributed by atoms with Gasteiger partial charge in [-0.1, -0.05) is 68.8 Å². The Kier molecular flexibility index (Phi) is 7.61. The summed E-state index contributed by atoms with van der Waals surface area (Å²) in [6, 6.07) is 15.3. The number of para-hydroxylation sites is 2. The summed E-state index contributed by atoms with van der Waals surface area (Å²) in [5.74, 6) is 1.88. The zero-order valence-corrected chi connectivity index (χ0v) is 21.2. The van der Waals surface area contributed by atoms with Gasteiger partial charge in [-0.15, -0.1) is 0 Å². The Balaban J connectivity index is 1.59. The first-order valence-corrected chi connectivity index (χ1v) is 12.9. The smallest absolute Gasteiger partial charge is 0.262 e. The van der Waals surface area contributed by atoms with Crippen molar-refractivity contribution in [3.8, 4) is 5.75 Å². The van der Waals surface area contributed by atoms with Crippen LogP contribution in [-0.2, 0) is 11.3 Å². The number of carbonyl (C=O) groups is 1. The van der Waals surface area contributed by atoms with Crippen molar-refractivity contribution in [3.63, 3.8) is 0 Å². The first kappa shape index (κ1) is 24.3. The quantitative estimate of drug-likeness (QED) is 0.346. The molecule has 6 nitrogen and oxygen atoms in total. The molecule has 2 aromatic carbocycles. The predicted octanol–water partition coefficient (Wildman–Crippen LogP) is 5.15. The van der Waals surface area contributed by atoms with Crippen LogP contribution in [0.15, 0.2) is 58.5 Å². The molecular formula is C27H33N3O3S. The van der Waals surface area contributed by atoms with Crippen LogP contribution in [0.4, 0.5) is 0 Å². The summed E-state index contributed by atoms with van der Waals surface area (Å²) in [4.78, 5) is 33.2. The van der Waals surface area contributed by atoms with Crippen molar-refractivity contribution >= 4 is 28.6 Å². The van der Waals surface area contributed by atoms with Crippen molar-refractivity contribution in [3.05, 3.63) is 64.4 Å². The van der Waals surface area contributed by atoms with E-state index in [4.69, 9.17) is 9.72 Å². The Morgan fingerprint density at radius 1 is 1.15 bits per heavy atom. The van der Waals surface area contributed by atoms with Gasteiger partial charge in [0.2, 0.25) is 5.91 Å². The highest BCUT2D eigenvalue weighted by Gasteiger charge is 2.31. The Morgan fingerprint density at radius 3 is 2.68 bits per heavy atom. The average molecular weight is 480 g/mol. The summed E-state index contributed by atoms with van der Waals surface area (Å²) in [5.41, 5.74) is 1.63. The highest BCUT2D eigenvalue weighted by atomic mass is 32.2. The number of hydrogen-bond acceptors (Lipinski definition) is 5. The van der Waals surface area contributed by atoms with Crippen LogP contribution in [0.5, 0.6) is 5.75 Å². The molecule has 1 fully saturated rings. The SMILES string of the molecule is COc1ccccc1CN(C)C(=O)CSc1nc2ccccc2c(=O)n1C1CCCC(C)C1C. The standard InChI is InChI=1S/C27H33N3O3S/c1-18-10-9-14-23(19(18)2)30-26(32)21-12-6-7-13-22(21)28-27(30)34-17-25(31)29(3)16-20-11-5-8-15-24(20)33-4/h5-8,11-13,15,18-19,23H,9-10,14,16-17H2,1-4H3. The zero-order valence-electron chi connectivity index (χ0n) is 20.4. The van der Waals surface area contributed by atoms with E-state index in [2.05, 4.69) is 13.8 Å². The van der Waals surface area contributed by atoms with E-state index in [0.29, 0.717) is 34.4 Å². The molecule has 0 N–H and O–H groups in total. The molecule has 1 heterocycles. The fourth-order valence-corrected chi connectivity index (χ4v) is 5.85. The minimum Gasteiger partial charge on any atom is -0.496 e. The molecule has 3 atom stereocenters. The first-order chi connectivity index (χ1) is 16.4. The number of thioether (sulfide) groups is 1. The molecule has 34 heavy (non-hydrogen) atoms. The molecule has 1 amide bonds. The van der Waals surface area contributed by atoms with Crippen LogP contribution in [0.3, 0.4) is 0 Å². The summed E-state index contributed by atoms with van der Waals surface area (Å²) < 4.78 is 7.30. The fourth-order valence-electron chi connectivity index (χ4n) is 4.85. The van der Waals surface area contributed by atoms with Gasteiger partial charge in [-0.2, -0.15) is 0 Å². The lowest BCUT2D eigenvalue weighted by Gasteiger charge is -2.36. The predicted molar refractivity (Wildman–Crippen MR) is 137 cm³/mol. The maximum Gasteiger partial charge on any atom is 0.262 e. The van der Waals surface area contributed by atoms with E-state index in [0.717, 1.165) is 24.2 Å². The Morgan fingerprint density at radius 2 is 1.88 bits per heavy atom. The van der Waals surface area contributed by atoms with Gasteiger partial charge in [0.1, 0.15) is 5.75 Å². The third-order valence-corrected chi connectivity index (χ3v) is 8.06. The van der Waals surface area contributed by atoms with E-state index in [-0.39, 0.29) is 23.3 Å². The van der Waals surface area contributed by atoms with Crippen LogP contribution in [-0.4, -0.2) is 40.3 Å². The molecule has 1 aromatic heterocycles. The van der Waals surface area contributed by atoms with Gasteiger partial charge in [-0.05, 0) is 36.5 Å². The van der Waals surface area contributed by atoms with Gasteiger partial charge >= 0.3 is 0 Å². The van der Waals surface area contributed by atoms with Gasteiger partial charge < -0.3 is 9.64 Å². The number of hydrogen-bond donors (Lipinski definition) is 0. The second kappa shape index (κ2) is 10.6. The molecule has 180 valence electrons. The number of fused-ring (bicyclic) bond motifs is 1. The van der Waals surface area contributed by atoms with Gasteiger partial charge in [0, 0.05) is 25.2 Å². The molecule has 0 saturated heterocycles. The maximum atomic E-state index is 13.6. The number of ether oxygens (including phenoxy) is 1. The third-order valence-electron chi connectivity index (χ3n) is 7.12. The van der Waals surface area contributed by atoms with Gasteiger partial charge in [0.25, 0.3) is 5.56 Å². The monoisotopic (exact) mass is 479 g/mol. The lowest BCUT2D eigenvalue weighted by molar-refractivity contribution is -0.127. The third kappa shape index (κ3) is 4.99. The number of aromatic nitrogens is 2. The first-order valence-electron chi connectivity index (χ1n) is 11.9. The number of rotatable bonds is 7. The van der Waals surface area contributed by atoms with Crippen molar-refractivity contribution in [2.45, 2.75) is 50.9 Å². The van der Waals surface area contributed by atoms with Crippen LogP contribution in [0.1, 0.15) is 44.7 Å². The summed E-state index contributed by atoms with van der Waals surface area (Å²) in [5, 5.41) is 1.27. The Labute approximate surface area is 205 Å². The van der Waals surface area contributed by atoms with E-state index in [1.54, 1.807) is 19.1 Å². The van der Waals surface area contributed by atoms with Crippen LogP contribution >= 0.6 is 11.8 Å². The minimum absolute atomic E-state index is 0.00567. The van der Waals surface area contributed by atoms with Crippen LogP contribution in [0.25, 0.3) is 10.9 Å². The maximum absolute atomic E-state index is 13.6. The summed E-state index contributed by atoms with van der Waals surface area (Å²) in [6.45, 7) is 4.95. The molecular weight excluding hydrogens is 446 g/mol. The minimum atomic E-state index is -0.0186. The molecule has 0 bridgehead atoms. The molecule has 0 radical (unpaired) electrons. The number of benzene rings is 2. The lowest BCUT2D eigenvalue weighted by Crippen LogP contribution is -2.35. The summed E-state index contributed by atoms with van der Waals surface area (Å²) in [6.07, 6.45) is 3.24. The molecule has 1 saturated carbocycles. The topological polar surface area (TPSA) is 64.4 Å². The van der Waals surface area contributed by atoms with E-state index in [1.807, 2.05) is 53.1 Å². The van der Waals surface area contributed by atoms with Crippen molar-refractivity contribution in [1.29, 1.82) is 0 Å². The average Bonchev–Trinajstić information content (AvgIpc) is 2.85. The number of methoxy groups -OCH3 is 1.